The summed E-state index contributed by atoms with van der Waals surface area (Å²) in [5.74, 6) is 0.961. The number of nitrogens with zero attached hydrogens (tertiary/aromatic N) is 3. The molecule has 2 aromatic rings. The highest BCUT2D eigenvalue weighted by Gasteiger charge is 2.35. The van der Waals surface area contributed by atoms with Gasteiger partial charge in [-0.05, 0) is 36.9 Å². The van der Waals surface area contributed by atoms with Crippen LogP contribution in [0, 0.1) is 5.92 Å². The lowest BCUT2D eigenvalue weighted by Crippen LogP contribution is -2.47. The molecule has 0 saturated carbocycles. The molecular weight excluding hydrogens is 394 g/mol. The van der Waals surface area contributed by atoms with E-state index in [1.165, 1.54) is 17.0 Å². The molecule has 0 aliphatic carbocycles. The number of piperidine rings is 1. The van der Waals surface area contributed by atoms with Crippen molar-refractivity contribution in [2.75, 3.05) is 40.4 Å². The largest absolute Gasteiger partial charge is 0.383 e. The second-order valence-electron chi connectivity index (χ2n) is 8.11. The van der Waals surface area contributed by atoms with Crippen LogP contribution in [-0.4, -0.2) is 54.8 Å². The minimum Gasteiger partial charge on any atom is -0.383 e. The lowest BCUT2D eigenvalue weighted by molar-refractivity contribution is 0.115. The number of fused-ring (bicyclic) bond motifs is 4. The summed E-state index contributed by atoms with van der Waals surface area (Å²) < 4.78 is 7.19. The van der Waals surface area contributed by atoms with Gasteiger partial charge in [-0.15, -0.1) is 11.3 Å². The fourth-order valence-corrected chi connectivity index (χ4v) is 5.73. The van der Waals surface area contributed by atoms with Crippen LogP contribution in [0.4, 0.5) is 0 Å². The molecular formula is C21H28ClN3O2S. The van der Waals surface area contributed by atoms with Crippen molar-refractivity contribution in [2.24, 2.45) is 5.92 Å². The van der Waals surface area contributed by atoms with Gasteiger partial charge >= 0.3 is 0 Å². The zero-order chi connectivity index (χ0) is 19.7. The van der Waals surface area contributed by atoms with Crippen molar-refractivity contribution < 1.29 is 4.74 Å². The van der Waals surface area contributed by atoms with Gasteiger partial charge in [0.25, 0.3) is 5.56 Å². The van der Waals surface area contributed by atoms with Gasteiger partial charge in [0, 0.05) is 68.4 Å². The van der Waals surface area contributed by atoms with Crippen LogP contribution in [0.3, 0.4) is 0 Å². The van der Waals surface area contributed by atoms with Crippen molar-refractivity contribution in [1.82, 2.24) is 14.4 Å². The van der Waals surface area contributed by atoms with Crippen molar-refractivity contribution >= 4 is 22.9 Å². The Morgan fingerprint density at radius 3 is 2.89 bits per heavy atom. The fourth-order valence-electron chi connectivity index (χ4n) is 4.60. The van der Waals surface area contributed by atoms with Gasteiger partial charge in [-0.2, -0.15) is 0 Å². The smallest absolute Gasteiger partial charge is 0.255 e. The Kier molecular flexibility index (Phi) is 6.23. The monoisotopic (exact) mass is 421 g/mol. The molecule has 152 valence electrons. The van der Waals surface area contributed by atoms with Crippen molar-refractivity contribution in [3.8, 4) is 0 Å². The van der Waals surface area contributed by atoms with Gasteiger partial charge in [0.05, 0.1) is 11.6 Å². The molecule has 7 heteroatoms. The first-order valence-electron chi connectivity index (χ1n) is 9.89. The summed E-state index contributed by atoms with van der Waals surface area (Å²) >= 11 is 8.03. The van der Waals surface area contributed by atoms with Crippen LogP contribution in [0.2, 0.25) is 5.02 Å². The molecule has 2 aliphatic rings. The van der Waals surface area contributed by atoms with E-state index in [9.17, 15) is 4.79 Å². The molecule has 1 saturated heterocycles. The Morgan fingerprint density at radius 1 is 1.29 bits per heavy atom. The van der Waals surface area contributed by atoms with E-state index >= 15 is 0 Å². The number of pyridine rings is 1. The topological polar surface area (TPSA) is 37.7 Å². The van der Waals surface area contributed by atoms with E-state index in [4.69, 9.17) is 16.3 Å². The minimum atomic E-state index is 0.186. The Hall–Kier alpha value is -1.18. The predicted molar refractivity (Wildman–Crippen MR) is 114 cm³/mol. The molecule has 0 unspecified atom stereocenters. The standard InChI is InChI=1S/C21H28ClN3O2S/c1-23(6-7-27-2)12-16-3-4-19-17-9-15(11-25(19)21(16)26)10-24(13-17)14-20-18(22)5-8-28-20/h3-5,8,15,17H,6-7,9-14H2,1-2H3/t15-,17+/m0/s1. The van der Waals surface area contributed by atoms with Gasteiger partial charge < -0.3 is 9.30 Å². The molecule has 1 fully saturated rings. The maximum Gasteiger partial charge on any atom is 0.255 e. The number of hydrogen-bond acceptors (Lipinski definition) is 5. The van der Waals surface area contributed by atoms with Gasteiger partial charge in [-0.25, -0.2) is 0 Å². The summed E-state index contributed by atoms with van der Waals surface area (Å²) in [7, 11) is 3.74. The van der Waals surface area contributed by atoms with Crippen LogP contribution in [0.1, 0.15) is 28.5 Å². The molecule has 0 radical (unpaired) electrons. The highest BCUT2D eigenvalue weighted by molar-refractivity contribution is 7.10. The average Bonchev–Trinajstić information content (AvgIpc) is 3.07. The van der Waals surface area contributed by atoms with Gasteiger partial charge in [0.1, 0.15) is 0 Å². The predicted octanol–water partition coefficient (Wildman–Crippen LogP) is 3.26. The number of halogens is 1. The van der Waals surface area contributed by atoms with E-state index in [2.05, 4.69) is 21.2 Å². The summed E-state index contributed by atoms with van der Waals surface area (Å²) in [5, 5.41) is 2.93. The van der Waals surface area contributed by atoms with Crippen LogP contribution < -0.4 is 5.56 Å². The number of likely N-dealkylation sites (N-methyl/N-ethyl adjacent to an activating group) is 1. The number of likely N-dealkylation sites (tertiary alicyclic amines) is 1. The SMILES string of the molecule is COCCN(C)Cc1ccc2n(c1=O)C[C@H]1C[C@@H]2CN(Cc2sccc2Cl)C1. The summed E-state index contributed by atoms with van der Waals surface area (Å²) in [4.78, 5) is 19.0. The van der Waals surface area contributed by atoms with E-state index in [-0.39, 0.29) is 5.56 Å². The summed E-state index contributed by atoms with van der Waals surface area (Å²) in [6.45, 7) is 5.94. The molecule has 4 rings (SSSR count). The number of aromatic nitrogens is 1. The van der Waals surface area contributed by atoms with Crippen LogP contribution in [0.15, 0.2) is 28.4 Å². The van der Waals surface area contributed by atoms with Gasteiger partial charge in [0.2, 0.25) is 0 Å². The first kappa shape index (κ1) is 20.1. The average molecular weight is 422 g/mol. The lowest BCUT2D eigenvalue weighted by atomic mass is 9.83. The second kappa shape index (κ2) is 8.67. The molecule has 5 nitrogen and oxygen atoms in total. The van der Waals surface area contributed by atoms with Gasteiger partial charge in [-0.3, -0.25) is 14.6 Å². The number of hydrogen-bond donors (Lipinski definition) is 0. The second-order valence-corrected chi connectivity index (χ2v) is 9.52. The Balaban J connectivity index is 1.50. The zero-order valence-corrected chi connectivity index (χ0v) is 18.1. The third kappa shape index (κ3) is 4.21. The first-order chi connectivity index (χ1) is 13.5. The summed E-state index contributed by atoms with van der Waals surface area (Å²) in [6.07, 6.45) is 1.18. The molecule has 0 amide bonds. The normalized spacial score (nSPS) is 21.9. The Labute approximate surface area is 175 Å². The van der Waals surface area contributed by atoms with Crippen molar-refractivity contribution in [1.29, 1.82) is 0 Å². The molecule has 2 bridgehead atoms. The van der Waals surface area contributed by atoms with Crippen LogP contribution in [0.25, 0.3) is 0 Å². The third-order valence-corrected chi connectivity index (χ3v) is 7.31. The number of rotatable bonds is 7. The Morgan fingerprint density at radius 2 is 2.14 bits per heavy atom. The van der Waals surface area contributed by atoms with E-state index in [0.717, 1.165) is 43.3 Å². The molecule has 0 N–H and O–H groups in total. The maximum atomic E-state index is 13.1. The minimum absolute atomic E-state index is 0.186. The molecule has 2 atom stereocenters. The van der Waals surface area contributed by atoms with E-state index in [0.29, 0.717) is 25.0 Å². The third-order valence-electron chi connectivity index (χ3n) is 5.93. The van der Waals surface area contributed by atoms with E-state index < -0.39 is 0 Å². The maximum absolute atomic E-state index is 13.1. The molecule has 2 aromatic heterocycles. The number of methoxy groups -OCH3 is 1. The van der Waals surface area contributed by atoms with Gasteiger partial charge in [-0.1, -0.05) is 17.7 Å². The lowest BCUT2D eigenvalue weighted by Gasteiger charge is -2.43. The first-order valence-corrected chi connectivity index (χ1v) is 11.1. The highest BCUT2D eigenvalue weighted by Crippen LogP contribution is 2.36. The quantitative estimate of drug-likeness (QED) is 0.687. The van der Waals surface area contributed by atoms with Crippen molar-refractivity contribution in [3.63, 3.8) is 0 Å². The molecule has 0 spiro atoms. The highest BCUT2D eigenvalue weighted by atomic mass is 35.5. The van der Waals surface area contributed by atoms with Crippen LogP contribution >= 0.6 is 22.9 Å². The molecule has 2 aliphatic heterocycles. The Bertz CT molecular complexity index is 881. The van der Waals surface area contributed by atoms with Crippen molar-refractivity contribution in [3.05, 3.63) is 55.1 Å². The van der Waals surface area contributed by atoms with Crippen molar-refractivity contribution in [2.45, 2.75) is 32.0 Å². The fraction of sp³-hybridized carbons (Fsp3) is 0.571. The van der Waals surface area contributed by atoms with Crippen LogP contribution in [-0.2, 0) is 24.4 Å². The summed E-state index contributed by atoms with van der Waals surface area (Å²) in [5.41, 5.74) is 2.27. The zero-order valence-electron chi connectivity index (χ0n) is 16.6. The molecule has 28 heavy (non-hydrogen) atoms. The molecule has 0 aromatic carbocycles. The van der Waals surface area contributed by atoms with E-state index in [1.54, 1.807) is 18.4 Å². The number of ether oxygens (including phenoxy) is 1. The molecule has 4 heterocycles. The summed E-state index contributed by atoms with van der Waals surface area (Å²) in [6, 6.07) is 6.20. The van der Waals surface area contributed by atoms with E-state index in [1.807, 2.05) is 23.7 Å². The number of thiophene rings is 1. The van der Waals surface area contributed by atoms with Gasteiger partial charge in [0.15, 0.2) is 0 Å². The van der Waals surface area contributed by atoms with Crippen LogP contribution in [0.5, 0.6) is 0 Å².